The molecule has 1 aromatic rings. The summed E-state index contributed by atoms with van der Waals surface area (Å²) in [4.78, 5) is 2.20. The van der Waals surface area contributed by atoms with Crippen molar-refractivity contribution in [3.8, 4) is 12.1 Å². The molecule has 4 nitrogen and oxygen atoms in total. The molecule has 0 spiro atoms. The molecule has 24 heavy (non-hydrogen) atoms. The van der Waals surface area contributed by atoms with Crippen molar-refractivity contribution in [2.45, 2.75) is 13.8 Å². The van der Waals surface area contributed by atoms with E-state index in [-0.39, 0.29) is 5.92 Å². The predicted molar refractivity (Wildman–Crippen MR) is 94.3 cm³/mol. The number of rotatable bonds is 1. The van der Waals surface area contributed by atoms with Gasteiger partial charge >= 0.3 is 0 Å². The Morgan fingerprint density at radius 2 is 1.88 bits per heavy atom. The number of likely N-dealkylation sites (N-methyl/N-ethyl adjacent to an activating group) is 1. The maximum absolute atomic E-state index is 9.76. The summed E-state index contributed by atoms with van der Waals surface area (Å²) >= 11 is 0. The molecule has 0 bridgehead atoms. The molecule has 0 amide bonds. The minimum absolute atomic E-state index is 0.000787. The number of allylic oxidation sites excluding steroid dienone is 2. The van der Waals surface area contributed by atoms with E-state index in [1.54, 1.807) is 0 Å². The van der Waals surface area contributed by atoms with Gasteiger partial charge in [0, 0.05) is 19.0 Å². The molecule has 0 saturated carbocycles. The van der Waals surface area contributed by atoms with Crippen LogP contribution in [0.15, 0.2) is 46.7 Å². The summed E-state index contributed by atoms with van der Waals surface area (Å²) in [7, 11) is 2.05. The molecule has 1 aliphatic heterocycles. The van der Waals surface area contributed by atoms with Crippen LogP contribution in [0.4, 0.5) is 0 Å². The van der Waals surface area contributed by atoms with Crippen molar-refractivity contribution in [3.63, 3.8) is 0 Å². The van der Waals surface area contributed by atoms with Gasteiger partial charge in [0.05, 0.1) is 16.8 Å². The van der Waals surface area contributed by atoms with Crippen molar-refractivity contribution in [2.75, 3.05) is 20.1 Å². The second-order valence-corrected chi connectivity index (χ2v) is 6.55. The van der Waals surface area contributed by atoms with Crippen LogP contribution >= 0.6 is 0 Å². The van der Waals surface area contributed by atoms with E-state index in [0.29, 0.717) is 16.8 Å². The van der Waals surface area contributed by atoms with E-state index in [2.05, 4.69) is 41.3 Å². The first-order valence-corrected chi connectivity index (χ1v) is 7.99. The monoisotopic (exact) mass is 316 g/mol. The Morgan fingerprint density at radius 1 is 1.17 bits per heavy atom. The third-order valence-corrected chi connectivity index (χ3v) is 4.84. The first-order valence-electron chi connectivity index (χ1n) is 7.99. The molecule has 0 fully saturated rings. The quantitative estimate of drug-likeness (QED) is 0.864. The maximum atomic E-state index is 9.76. The zero-order valence-corrected chi connectivity index (χ0v) is 14.2. The summed E-state index contributed by atoms with van der Waals surface area (Å²) in [6, 6.07) is 10.7. The molecular weight excluding hydrogens is 296 g/mol. The average molecular weight is 316 g/mol. The molecular formula is C20H20N4. The van der Waals surface area contributed by atoms with E-state index in [4.69, 9.17) is 5.73 Å². The number of benzene rings is 1. The van der Waals surface area contributed by atoms with Crippen LogP contribution < -0.4 is 5.73 Å². The minimum atomic E-state index is 0.000787. The molecule has 0 aromatic heterocycles. The van der Waals surface area contributed by atoms with Crippen LogP contribution in [0.25, 0.3) is 5.57 Å². The highest BCUT2D eigenvalue weighted by molar-refractivity contribution is 5.86. The Balaban J connectivity index is 2.35. The Bertz CT molecular complexity index is 887. The molecule has 1 heterocycles. The van der Waals surface area contributed by atoms with Crippen LogP contribution in [-0.4, -0.2) is 25.0 Å². The lowest BCUT2D eigenvalue weighted by Crippen LogP contribution is -2.35. The van der Waals surface area contributed by atoms with E-state index >= 15 is 0 Å². The number of nitrogens with two attached hydrogens (primary N) is 1. The van der Waals surface area contributed by atoms with Gasteiger partial charge in [-0.1, -0.05) is 29.8 Å². The first kappa shape index (κ1) is 16.1. The summed E-state index contributed by atoms with van der Waals surface area (Å²) in [6.45, 7) is 5.65. The number of hydrogen-bond donors (Lipinski definition) is 1. The van der Waals surface area contributed by atoms with Crippen LogP contribution in [0.5, 0.6) is 0 Å². The van der Waals surface area contributed by atoms with Crippen molar-refractivity contribution in [3.05, 3.63) is 63.4 Å². The highest BCUT2D eigenvalue weighted by Crippen LogP contribution is 2.44. The van der Waals surface area contributed by atoms with Crippen molar-refractivity contribution in [1.29, 1.82) is 10.5 Å². The van der Waals surface area contributed by atoms with Gasteiger partial charge in [0.2, 0.25) is 0 Å². The van der Waals surface area contributed by atoms with E-state index in [1.165, 1.54) is 0 Å². The molecule has 0 unspecified atom stereocenters. The third kappa shape index (κ3) is 2.42. The fraction of sp³-hybridized carbons (Fsp3) is 0.300. The van der Waals surface area contributed by atoms with Gasteiger partial charge in [-0.15, -0.1) is 0 Å². The topological polar surface area (TPSA) is 76.8 Å². The number of nitriles is 2. The Labute approximate surface area is 142 Å². The SMILES string of the molecule is Cc1ccc(C)c(C2=C(C#N)C(N)=C(C#N)C3=CCN(C)C[C@H]32)c1. The second kappa shape index (κ2) is 6.00. The third-order valence-electron chi connectivity index (χ3n) is 4.84. The van der Waals surface area contributed by atoms with Gasteiger partial charge in [-0.2, -0.15) is 10.5 Å². The zero-order chi connectivity index (χ0) is 17.4. The van der Waals surface area contributed by atoms with Gasteiger partial charge in [-0.05, 0) is 43.2 Å². The second-order valence-electron chi connectivity index (χ2n) is 6.55. The molecule has 0 saturated heterocycles. The number of aryl methyl sites for hydroxylation is 2. The molecule has 3 rings (SSSR count). The Kier molecular flexibility index (Phi) is 4.01. The molecule has 1 atom stereocenters. The van der Waals surface area contributed by atoms with E-state index < -0.39 is 0 Å². The summed E-state index contributed by atoms with van der Waals surface area (Å²) in [5, 5.41) is 19.3. The van der Waals surface area contributed by atoms with Gasteiger partial charge < -0.3 is 10.6 Å². The molecule has 2 aliphatic rings. The lowest BCUT2D eigenvalue weighted by molar-refractivity contribution is 0.332. The van der Waals surface area contributed by atoms with Crippen molar-refractivity contribution in [2.24, 2.45) is 11.7 Å². The Hall–Kier alpha value is -2.82. The highest BCUT2D eigenvalue weighted by atomic mass is 15.1. The van der Waals surface area contributed by atoms with Crippen LogP contribution in [-0.2, 0) is 0 Å². The lowest BCUT2D eigenvalue weighted by atomic mass is 9.73. The summed E-state index contributed by atoms with van der Waals surface area (Å²) in [5.41, 5.74) is 12.7. The normalized spacial score (nSPS) is 21.0. The minimum Gasteiger partial charge on any atom is -0.397 e. The van der Waals surface area contributed by atoms with Gasteiger partial charge in [-0.25, -0.2) is 0 Å². The number of fused-ring (bicyclic) bond motifs is 1. The summed E-state index contributed by atoms with van der Waals surface area (Å²) < 4.78 is 0. The predicted octanol–water partition coefficient (Wildman–Crippen LogP) is 2.82. The zero-order valence-electron chi connectivity index (χ0n) is 14.2. The van der Waals surface area contributed by atoms with E-state index in [1.807, 2.05) is 20.9 Å². The average Bonchev–Trinajstić information content (AvgIpc) is 2.56. The van der Waals surface area contributed by atoms with Gasteiger partial charge in [-0.3, -0.25) is 0 Å². The van der Waals surface area contributed by atoms with Crippen molar-refractivity contribution in [1.82, 2.24) is 4.90 Å². The molecule has 120 valence electrons. The lowest BCUT2D eigenvalue weighted by Gasteiger charge is -2.36. The fourth-order valence-corrected chi connectivity index (χ4v) is 3.60. The number of nitrogens with zero attached hydrogens (tertiary/aromatic N) is 3. The summed E-state index contributed by atoms with van der Waals surface area (Å²) in [5.74, 6) is 0.000787. The van der Waals surface area contributed by atoms with Gasteiger partial charge in [0.25, 0.3) is 0 Å². The Morgan fingerprint density at radius 3 is 2.54 bits per heavy atom. The van der Waals surface area contributed by atoms with Crippen LogP contribution in [0.2, 0.25) is 0 Å². The van der Waals surface area contributed by atoms with Crippen LogP contribution in [0.1, 0.15) is 16.7 Å². The van der Waals surface area contributed by atoms with E-state index in [0.717, 1.165) is 40.9 Å². The van der Waals surface area contributed by atoms with E-state index in [9.17, 15) is 10.5 Å². The van der Waals surface area contributed by atoms with Crippen molar-refractivity contribution < 1.29 is 0 Å². The number of hydrogen-bond acceptors (Lipinski definition) is 4. The maximum Gasteiger partial charge on any atom is 0.102 e. The largest absolute Gasteiger partial charge is 0.397 e. The molecule has 4 heteroatoms. The van der Waals surface area contributed by atoms with Crippen LogP contribution in [0, 0.1) is 42.4 Å². The van der Waals surface area contributed by atoms with Gasteiger partial charge in [0.15, 0.2) is 0 Å². The molecule has 1 aliphatic carbocycles. The highest BCUT2D eigenvalue weighted by Gasteiger charge is 2.36. The molecule has 0 radical (unpaired) electrons. The summed E-state index contributed by atoms with van der Waals surface area (Å²) in [6.07, 6.45) is 2.07. The first-order chi connectivity index (χ1) is 11.5. The fourth-order valence-electron chi connectivity index (χ4n) is 3.60. The van der Waals surface area contributed by atoms with Crippen LogP contribution in [0.3, 0.4) is 0 Å². The molecule has 2 N–H and O–H groups in total. The smallest absolute Gasteiger partial charge is 0.102 e. The molecule has 1 aromatic carbocycles. The van der Waals surface area contributed by atoms with Crippen molar-refractivity contribution >= 4 is 5.57 Å². The standard InChI is InChI=1S/C20H20N4/c1-12-4-5-13(2)15(8-12)19-17(10-22)20(23)16(9-21)14-6-7-24(3)11-18(14)19/h4-6,8,18H,7,11,23H2,1-3H3/t18-/m1/s1. The van der Waals surface area contributed by atoms with Gasteiger partial charge in [0.1, 0.15) is 12.1 Å².